The van der Waals surface area contributed by atoms with Crippen LogP contribution in [-0.4, -0.2) is 12.4 Å². The summed E-state index contributed by atoms with van der Waals surface area (Å²) in [7, 11) is -0.980. The molecule has 1 aliphatic rings. The van der Waals surface area contributed by atoms with Gasteiger partial charge in [-0.1, -0.05) is 48.5 Å². The zero-order valence-electron chi connectivity index (χ0n) is 11.9. The lowest BCUT2D eigenvalue weighted by Crippen LogP contribution is -2.36. The van der Waals surface area contributed by atoms with Crippen molar-refractivity contribution in [2.75, 3.05) is 11.6 Å². The normalized spacial score (nSPS) is 17.9. The number of rotatable bonds is 5. The molecule has 108 valence electrons. The van der Waals surface area contributed by atoms with E-state index in [9.17, 15) is 0 Å². The highest BCUT2D eigenvalue weighted by Gasteiger charge is 2.26. The van der Waals surface area contributed by atoms with Crippen molar-refractivity contribution in [1.82, 2.24) is 5.20 Å². The number of anilines is 1. The van der Waals surface area contributed by atoms with Gasteiger partial charge in [-0.15, -0.1) is 0 Å². The molecule has 2 aromatic rings. The molecular weight excluding hydrogens is 281 g/mol. The molecule has 1 atom stereocenters. The van der Waals surface area contributed by atoms with E-state index in [2.05, 4.69) is 41.6 Å². The number of para-hydroxylation sites is 1. The van der Waals surface area contributed by atoms with Gasteiger partial charge in [0.1, 0.15) is 5.84 Å². The van der Waals surface area contributed by atoms with Gasteiger partial charge >= 0.3 is 0 Å². The fraction of sp³-hybridized carbons (Fsp3) is 0.188. The van der Waals surface area contributed by atoms with Gasteiger partial charge in [0, 0.05) is 6.42 Å². The van der Waals surface area contributed by atoms with Crippen molar-refractivity contribution >= 4 is 20.0 Å². The third-order valence-corrected chi connectivity index (χ3v) is 4.41. The second-order valence-corrected chi connectivity index (χ2v) is 5.84. The molecule has 1 unspecified atom stereocenters. The third-order valence-electron chi connectivity index (χ3n) is 3.12. The molecule has 4 nitrogen and oxygen atoms in total. The Morgan fingerprint density at radius 2 is 1.71 bits per heavy atom. The van der Waals surface area contributed by atoms with Crippen LogP contribution in [0, 0.1) is 0 Å². The third kappa shape index (κ3) is 3.48. The smallest absolute Gasteiger partial charge is 0.256 e. The summed E-state index contributed by atoms with van der Waals surface area (Å²) in [6, 6.07) is 20.6. The second-order valence-electron chi connectivity index (χ2n) is 4.64. The molecule has 1 heterocycles. The minimum absolute atomic E-state index is 0.656. The zero-order valence-corrected chi connectivity index (χ0v) is 12.8. The van der Waals surface area contributed by atoms with Crippen molar-refractivity contribution in [2.24, 2.45) is 4.76 Å². The average Bonchev–Trinajstić information content (AvgIpc) is 2.92. The molecule has 0 saturated carbocycles. The topological polar surface area (TPSA) is 36.9 Å². The van der Waals surface area contributed by atoms with E-state index in [0.717, 1.165) is 17.9 Å². The highest BCUT2D eigenvalue weighted by Crippen LogP contribution is 2.40. The lowest BCUT2D eigenvalue weighted by Gasteiger charge is -2.21. The van der Waals surface area contributed by atoms with Crippen molar-refractivity contribution in [3.63, 3.8) is 0 Å². The van der Waals surface area contributed by atoms with E-state index in [1.165, 1.54) is 5.56 Å². The van der Waals surface area contributed by atoms with Crippen LogP contribution in [0.3, 0.4) is 0 Å². The van der Waals surface area contributed by atoms with Crippen LogP contribution in [0.1, 0.15) is 12.5 Å². The number of hydrogen-bond acceptors (Lipinski definition) is 4. The van der Waals surface area contributed by atoms with Crippen molar-refractivity contribution in [2.45, 2.75) is 13.3 Å². The van der Waals surface area contributed by atoms with Gasteiger partial charge in [0.25, 0.3) is 8.45 Å². The van der Waals surface area contributed by atoms with E-state index in [4.69, 9.17) is 9.29 Å². The van der Waals surface area contributed by atoms with Crippen molar-refractivity contribution < 1.29 is 4.52 Å². The highest BCUT2D eigenvalue weighted by atomic mass is 31.2. The van der Waals surface area contributed by atoms with E-state index in [-0.39, 0.29) is 0 Å². The first-order valence-corrected chi connectivity index (χ1v) is 8.24. The van der Waals surface area contributed by atoms with Gasteiger partial charge in [-0.05, 0) is 24.6 Å². The number of nitrogens with one attached hydrogen (secondary N) is 1. The molecule has 1 N–H and O–H groups in total. The minimum atomic E-state index is -0.980. The van der Waals surface area contributed by atoms with Gasteiger partial charge in [-0.25, -0.2) is 4.76 Å². The zero-order chi connectivity index (χ0) is 14.5. The Kier molecular flexibility index (Phi) is 4.61. The van der Waals surface area contributed by atoms with Gasteiger partial charge in [-0.2, -0.15) is 5.20 Å². The molecule has 0 amide bonds. The van der Waals surface area contributed by atoms with Gasteiger partial charge in [0.15, 0.2) is 0 Å². The fourth-order valence-electron chi connectivity index (χ4n) is 2.17. The van der Waals surface area contributed by atoms with Gasteiger partial charge in [0.2, 0.25) is 0 Å². The first kappa shape index (κ1) is 14.2. The van der Waals surface area contributed by atoms with Crippen LogP contribution in [-0.2, 0) is 10.9 Å². The molecule has 2 aromatic carbocycles. The number of hydrazine groups is 1. The van der Waals surface area contributed by atoms with Gasteiger partial charge in [0.05, 0.1) is 12.3 Å². The quantitative estimate of drug-likeness (QED) is 0.850. The molecule has 3 rings (SSSR count). The lowest BCUT2D eigenvalue weighted by atomic mass is 10.1. The number of hydrogen-bond donors (Lipinski definition) is 1. The summed E-state index contributed by atoms with van der Waals surface area (Å²) in [6.07, 6.45) is 0.786. The van der Waals surface area contributed by atoms with Crippen LogP contribution in [0.5, 0.6) is 0 Å². The van der Waals surface area contributed by atoms with Gasteiger partial charge in [-0.3, -0.25) is 5.01 Å². The van der Waals surface area contributed by atoms with E-state index < -0.39 is 8.45 Å². The minimum Gasteiger partial charge on any atom is -0.325 e. The van der Waals surface area contributed by atoms with Crippen LogP contribution in [0.25, 0.3) is 0 Å². The van der Waals surface area contributed by atoms with E-state index in [1.807, 2.05) is 36.2 Å². The summed E-state index contributed by atoms with van der Waals surface area (Å²) >= 11 is 0. The van der Waals surface area contributed by atoms with Gasteiger partial charge < -0.3 is 4.52 Å². The largest absolute Gasteiger partial charge is 0.325 e. The standard InChI is InChI=1S/C16H18N3OP/c1-2-20-21-17-16(13-14-9-5-3-6-10-14)19(18-21)15-11-7-4-8-12-15/h3-12,18H,2,13H2,1H3. The molecule has 0 aromatic heterocycles. The first-order valence-electron chi connectivity index (χ1n) is 7.02. The van der Waals surface area contributed by atoms with Crippen LogP contribution in [0.15, 0.2) is 65.4 Å². The summed E-state index contributed by atoms with van der Waals surface area (Å²) in [5, 5.41) is 5.39. The Morgan fingerprint density at radius 1 is 1.05 bits per heavy atom. The fourth-order valence-corrected chi connectivity index (χ4v) is 3.35. The van der Waals surface area contributed by atoms with Crippen molar-refractivity contribution in [1.29, 1.82) is 0 Å². The summed E-state index contributed by atoms with van der Waals surface area (Å²) in [4.78, 5) is 0. The summed E-state index contributed by atoms with van der Waals surface area (Å²) in [5.41, 5.74) is 2.32. The van der Waals surface area contributed by atoms with Crippen molar-refractivity contribution in [3.8, 4) is 0 Å². The summed E-state index contributed by atoms with van der Waals surface area (Å²) < 4.78 is 10.4. The average molecular weight is 299 g/mol. The van der Waals surface area contributed by atoms with Crippen molar-refractivity contribution in [3.05, 3.63) is 66.2 Å². The Labute approximate surface area is 126 Å². The molecule has 0 spiro atoms. The Morgan fingerprint density at radius 3 is 2.38 bits per heavy atom. The maximum atomic E-state index is 5.65. The Bertz CT molecular complexity index is 603. The molecule has 0 fully saturated rings. The van der Waals surface area contributed by atoms with E-state index in [0.29, 0.717) is 6.61 Å². The van der Waals surface area contributed by atoms with Crippen LogP contribution < -0.4 is 10.2 Å². The molecule has 0 aliphatic carbocycles. The maximum absolute atomic E-state index is 5.65. The summed E-state index contributed by atoms with van der Waals surface area (Å²) in [6.45, 7) is 2.64. The number of amidine groups is 1. The molecule has 5 heteroatoms. The van der Waals surface area contributed by atoms with Crippen LogP contribution >= 0.6 is 8.45 Å². The first-order chi connectivity index (χ1) is 10.4. The van der Waals surface area contributed by atoms with Crippen LogP contribution in [0.4, 0.5) is 5.69 Å². The highest BCUT2D eigenvalue weighted by molar-refractivity contribution is 7.49. The van der Waals surface area contributed by atoms with Crippen LogP contribution in [0.2, 0.25) is 0 Å². The predicted molar refractivity (Wildman–Crippen MR) is 88.2 cm³/mol. The molecule has 0 bridgehead atoms. The predicted octanol–water partition coefficient (Wildman–Crippen LogP) is 3.92. The maximum Gasteiger partial charge on any atom is 0.256 e. The molecule has 0 radical (unpaired) electrons. The molecular formula is C16H18N3OP. The Hall–Kier alpha value is -1.74. The molecule has 21 heavy (non-hydrogen) atoms. The summed E-state index contributed by atoms with van der Waals surface area (Å²) in [5.74, 6) is 0.993. The Balaban J connectivity index is 1.83. The lowest BCUT2D eigenvalue weighted by molar-refractivity contribution is 0.374. The SMILES string of the molecule is CCOP1N=C(Cc2ccccc2)N(c2ccccc2)N1. The van der Waals surface area contributed by atoms with E-state index >= 15 is 0 Å². The van der Waals surface area contributed by atoms with E-state index in [1.54, 1.807) is 0 Å². The molecule has 1 aliphatic heterocycles. The number of benzene rings is 2. The monoisotopic (exact) mass is 299 g/mol. The molecule has 0 saturated heterocycles. The second kappa shape index (κ2) is 6.81. The number of nitrogens with zero attached hydrogens (tertiary/aromatic N) is 2.